The molecule has 1 aromatic carbocycles. The molecule has 0 saturated heterocycles. The summed E-state index contributed by atoms with van der Waals surface area (Å²) in [7, 11) is -7.23. The Balaban J connectivity index is 2.86. The van der Waals surface area contributed by atoms with E-state index in [0.29, 0.717) is 11.1 Å². The molecule has 0 radical (unpaired) electrons. The lowest BCUT2D eigenvalue weighted by atomic mass is 10.2. The van der Waals surface area contributed by atoms with Crippen molar-refractivity contribution in [2.75, 3.05) is 0 Å². The molecule has 1 rings (SSSR count). The topological polar surface area (TPSA) is 109 Å². The molecule has 0 fully saturated rings. The van der Waals surface area contributed by atoms with Crippen molar-refractivity contribution >= 4 is 19.7 Å². The van der Waals surface area contributed by atoms with Crippen LogP contribution in [0.15, 0.2) is 24.3 Å². The summed E-state index contributed by atoms with van der Waals surface area (Å²) in [6.45, 7) is 2.36. The zero-order chi connectivity index (χ0) is 15.6. The fourth-order valence-electron chi connectivity index (χ4n) is 1.44. The number of rotatable bonds is 6. The van der Waals surface area contributed by atoms with E-state index in [1.807, 2.05) is 0 Å². The standard InChI is InChI=1S/C12H18O6S2/c1-9(13)19(15,16)7-11-3-5-12(6-4-11)8-20(17,18)10(2)14/h3-6,9-10,13-14H,7-8H2,1-2H3. The quantitative estimate of drug-likeness (QED) is 0.774. The summed E-state index contributed by atoms with van der Waals surface area (Å²) in [5, 5.41) is 18.2. The first-order chi connectivity index (χ1) is 9.04. The van der Waals surface area contributed by atoms with E-state index in [0.717, 1.165) is 0 Å². The van der Waals surface area contributed by atoms with Gasteiger partial charge in [0.05, 0.1) is 11.5 Å². The molecule has 20 heavy (non-hydrogen) atoms. The number of hydrogen-bond donors (Lipinski definition) is 2. The Labute approximate surface area is 118 Å². The van der Waals surface area contributed by atoms with E-state index in [9.17, 15) is 16.8 Å². The lowest BCUT2D eigenvalue weighted by Gasteiger charge is -2.09. The second-order valence-electron chi connectivity index (χ2n) is 4.63. The predicted octanol–water partition coefficient (Wildman–Crippen LogP) is 0.193. The number of aliphatic hydroxyl groups is 2. The highest BCUT2D eigenvalue weighted by molar-refractivity contribution is 7.91. The maximum absolute atomic E-state index is 11.5. The Hall–Kier alpha value is -0.960. The Morgan fingerprint density at radius 2 is 1.05 bits per heavy atom. The molecule has 2 atom stereocenters. The lowest BCUT2D eigenvalue weighted by Crippen LogP contribution is -2.19. The molecule has 114 valence electrons. The van der Waals surface area contributed by atoms with Gasteiger partial charge in [0.2, 0.25) is 0 Å². The highest BCUT2D eigenvalue weighted by Gasteiger charge is 2.20. The first-order valence-corrected chi connectivity index (χ1v) is 9.35. The summed E-state index contributed by atoms with van der Waals surface area (Å²) in [5.41, 5.74) is -1.97. The summed E-state index contributed by atoms with van der Waals surface area (Å²) in [4.78, 5) is 0. The van der Waals surface area contributed by atoms with Crippen LogP contribution in [0, 0.1) is 0 Å². The van der Waals surface area contributed by atoms with Gasteiger partial charge in [-0.1, -0.05) is 24.3 Å². The molecule has 6 nitrogen and oxygen atoms in total. The molecule has 0 aliphatic carbocycles. The zero-order valence-corrected chi connectivity index (χ0v) is 12.9. The lowest BCUT2D eigenvalue weighted by molar-refractivity contribution is 0.268. The van der Waals surface area contributed by atoms with Crippen LogP contribution < -0.4 is 0 Å². The molecule has 2 N–H and O–H groups in total. The van der Waals surface area contributed by atoms with Crippen molar-refractivity contribution in [1.82, 2.24) is 0 Å². The van der Waals surface area contributed by atoms with Crippen molar-refractivity contribution in [2.24, 2.45) is 0 Å². The van der Waals surface area contributed by atoms with Crippen molar-refractivity contribution in [3.63, 3.8) is 0 Å². The molecule has 0 amide bonds. The van der Waals surface area contributed by atoms with Crippen molar-refractivity contribution in [3.8, 4) is 0 Å². The van der Waals surface area contributed by atoms with Gasteiger partial charge in [0.15, 0.2) is 30.5 Å². The minimum absolute atomic E-state index is 0.311. The molecule has 0 bridgehead atoms. The van der Waals surface area contributed by atoms with Crippen LogP contribution in [0.3, 0.4) is 0 Å². The summed E-state index contributed by atoms with van der Waals surface area (Å²) in [6, 6.07) is 5.97. The molecule has 0 aromatic heterocycles. The second-order valence-corrected chi connectivity index (χ2v) is 9.22. The van der Waals surface area contributed by atoms with Gasteiger partial charge in [-0.25, -0.2) is 16.8 Å². The fourth-order valence-corrected chi connectivity index (χ4v) is 3.23. The molecule has 1 aromatic rings. The summed E-state index contributed by atoms with van der Waals surface area (Å²) in [5.74, 6) is -0.623. The molecule has 0 heterocycles. The predicted molar refractivity (Wildman–Crippen MR) is 75.1 cm³/mol. The van der Waals surface area contributed by atoms with Gasteiger partial charge in [0.1, 0.15) is 0 Å². The van der Waals surface area contributed by atoms with Crippen LogP contribution in [0.5, 0.6) is 0 Å². The van der Waals surface area contributed by atoms with Gasteiger partial charge in [0.25, 0.3) is 0 Å². The molecule has 8 heteroatoms. The van der Waals surface area contributed by atoms with Crippen LogP contribution in [-0.4, -0.2) is 37.9 Å². The van der Waals surface area contributed by atoms with E-state index in [-0.39, 0.29) is 11.5 Å². The Kier molecular flexibility index (Phi) is 5.31. The number of sulfone groups is 2. The highest BCUT2D eigenvalue weighted by Crippen LogP contribution is 2.14. The van der Waals surface area contributed by atoms with E-state index in [4.69, 9.17) is 10.2 Å². The van der Waals surface area contributed by atoms with E-state index in [1.54, 1.807) is 0 Å². The van der Waals surface area contributed by atoms with Gasteiger partial charge in [-0.2, -0.15) is 0 Å². The average Bonchev–Trinajstić information content (AvgIpc) is 2.30. The third-order valence-electron chi connectivity index (χ3n) is 2.80. The molecular formula is C12H18O6S2. The van der Waals surface area contributed by atoms with Gasteiger partial charge in [-0.05, 0) is 25.0 Å². The van der Waals surface area contributed by atoms with E-state index in [2.05, 4.69) is 0 Å². The number of aliphatic hydroxyl groups excluding tert-OH is 2. The van der Waals surface area contributed by atoms with Crippen LogP contribution in [0.25, 0.3) is 0 Å². The van der Waals surface area contributed by atoms with Crippen LogP contribution in [-0.2, 0) is 31.2 Å². The van der Waals surface area contributed by atoms with E-state index in [1.165, 1.54) is 38.1 Å². The monoisotopic (exact) mass is 322 g/mol. The number of benzene rings is 1. The van der Waals surface area contributed by atoms with Gasteiger partial charge in [-0.15, -0.1) is 0 Å². The van der Waals surface area contributed by atoms with Crippen molar-refractivity contribution in [2.45, 2.75) is 36.2 Å². The normalized spacial score (nSPS) is 15.8. The third kappa shape index (κ3) is 4.55. The third-order valence-corrected chi connectivity index (χ3v) is 6.35. The highest BCUT2D eigenvalue weighted by atomic mass is 32.2. The fraction of sp³-hybridized carbons (Fsp3) is 0.500. The van der Waals surface area contributed by atoms with E-state index >= 15 is 0 Å². The largest absolute Gasteiger partial charge is 0.377 e. The minimum atomic E-state index is -3.62. The minimum Gasteiger partial charge on any atom is -0.377 e. The molecule has 0 saturated carbocycles. The van der Waals surface area contributed by atoms with Gasteiger partial charge < -0.3 is 10.2 Å². The van der Waals surface area contributed by atoms with Gasteiger partial charge >= 0.3 is 0 Å². The molecule has 2 unspecified atom stereocenters. The first-order valence-electron chi connectivity index (χ1n) is 5.91. The van der Waals surface area contributed by atoms with Crippen molar-refractivity contribution in [1.29, 1.82) is 0 Å². The molecule has 0 spiro atoms. The molecule has 0 aliphatic rings. The van der Waals surface area contributed by atoms with Gasteiger partial charge in [0, 0.05) is 0 Å². The van der Waals surface area contributed by atoms with Gasteiger partial charge in [-0.3, -0.25) is 0 Å². The number of hydrogen-bond acceptors (Lipinski definition) is 6. The van der Waals surface area contributed by atoms with Crippen LogP contribution >= 0.6 is 0 Å². The van der Waals surface area contributed by atoms with Crippen LogP contribution in [0.4, 0.5) is 0 Å². The van der Waals surface area contributed by atoms with Crippen LogP contribution in [0.1, 0.15) is 25.0 Å². The summed E-state index contributed by atoms with van der Waals surface area (Å²) < 4.78 is 46.1. The maximum Gasteiger partial charge on any atom is 0.180 e. The SMILES string of the molecule is CC(O)S(=O)(=O)Cc1ccc(CS(=O)(=O)C(C)O)cc1. The Morgan fingerprint density at radius 3 is 1.25 bits per heavy atom. The summed E-state index contributed by atoms with van der Waals surface area (Å²) >= 11 is 0. The molecular weight excluding hydrogens is 304 g/mol. The Bertz CT molecular complexity index is 583. The molecule has 0 aliphatic heterocycles. The summed E-state index contributed by atoms with van der Waals surface area (Å²) in [6.07, 6.45) is 0. The van der Waals surface area contributed by atoms with Crippen molar-refractivity contribution < 1.29 is 27.0 Å². The second kappa shape index (κ2) is 6.21. The smallest absolute Gasteiger partial charge is 0.180 e. The van der Waals surface area contributed by atoms with Crippen molar-refractivity contribution in [3.05, 3.63) is 35.4 Å². The van der Waals surface area contributed by atoms with E-state index < -0.39 is 30.5 Å². The first kappa shape index (κ1) is 17.1. The maximum atomic E-state index is 11.5. The zero-order valence-electron chi connectivity index (χ0n) is 11.2. The Morgan fingerprint density at radius 1 is 0.800 bits per heavy atom. The van der Waals surface area contributed by atoms with Crippen LogP contribution in [0.2, 0.25) is 0 Å². The average molecular weight is 322 g/mol.